The summed E-state index contributed by atoms with van der Waals surface area (Å²) in [7, 11) is 1.62. The van der Waals surface area contributed by atoms with Crippen LogP contribution in [0.3, 0.4) is 0 Å². The SMILES string of the molecule is COc1ccc2[nH]cc(CCN3C(=O)C(=O)C(=C(O)c4ccc(Cl)cc4)[C@@H]3c3cccs3)c2c1. The van der Waals surface area contributed by atoms with Crippen LogP contribution in [0.25, 0.3) is 16.7 Å². The van der Waals surface area contributed by atoms with E-state index < -0.39 is 17.7 Å². The summed E-state index contributed by atoms with van der Waals surface area (Å²) in [6.45, 7) is 0.314. The van der Waals surface area contributed by atoms with E-state index in [4.69, 9.17) is 16.3 Å². The zero-order chi connectivity index (χ0) is 23.8. The number of carbonyl (C=O) groups excluding carboxylic acids is 2. The first-order valence-corrected chi connectivity index (χ1v) is 12.0. The number of benzene rings is 2. The summed E-state index contributed by atoms with van der Waals surface area (Å²) < 4.78 is 5.35. The van der Waals surface area contributed by atoms with Crippen LogP contribution in [-0.4, -0.2) is 40.3 Å². The maximum absolute atomic E-state index is 13.1. The third-order valence-electron chi connectivity index (χ3n) is 6.07. The van der Waals surface area contributed by atoms with Gasteiger partial charge in [0, 0.05) is 39.1 Å². The molecule has 0 aliphatic carbocycles. The van der Waals surface area contributed by atoms with E-state index in [9.17, 15) is 14.7 Å². The molecule has 2 aromatic carbocycles. The van der Waals surface area contributed by atoms with Crippen LogP contribution in [0.2, 0.25) is 5.02 Å². The summed E-state index contributed by atoms with van der Waals surface area (Å²) in [4.78, 5) is 31.8. The van der Waals surface area contributed by atoms with E-state index in [0.717, 1.165) is 27.1 Å². The molecule has 0 radical (unpaired) electrons. The number of carbonyl (C=O) groups is 2. The molecule has 0 spiro atoms. The Hall–Kier alpha value is -3.55. The summed E-state index contributed by atoms with van der Waals surface area (Å²) in [5.41, 5.74) is 2.51. The Bertz CT molecular complexity index is 1410. The second kappa shape index (κ2) is 9.00. The Morgan fingerprint density at radius 3 is 2.68 bits per heavy atom. The third kappa shape index (κ3) is 3.87. The maximum atomic E-state index is 13.1. The number of nitrogens with zero attached hydrogens (tertiary/aromatic N) is 1. The fraction of sp³-hybridized carbons (Fsp3) is 0.154. The van der Waals surface area contributed by atoms with Gasteiger partial charge >= 0.3 is 0 Å². The van der Waals surface area contributed by atoms with Crippen LogP contribution in [0.4, 0.5) is 0 Å². The van der Waals surface area contributed by atoms with Crippen LogP contribution in [0.15, 0.2) is 71.7 Å². The van der Waals surface area contributed by atoms with Gasteiger partial charge in [-0.25, -0.2) is 0 Å². The zero-order valence-electron chi connectivity index (χ0n) is 18.2. The number of methoxy groups -OCH3 is 1. The molecule has 1 amide bonds. The topological polar surface area (TPSA) is 82.6 Å². The number of aliphatic hydroxyl groups excluding tert-OH is 1. The average molecular weight is 493 g/mol. The van der Waals surface area contributed by atoms with E-state index in [2.05, 4.69) is 4.98 Å². The number of likely N-dealkylation sites (tertiary alicyclic amines) is 1. The number of H-pyrrole nitrogens is 1. The van der Waals surface area contributed by atoms with E-state index in [1.54, 1.807) is 36.3 Å². The number of aromatic amines is 1. The standard InChI is InChI=1S/C26H21ClN2O4S/c1-33-18-8-9-20-19(13-18)16(14-28-20)10-11-29-23(21-3-2-12-34-21)22(25(31)26(29)32)24(30)15-4-6-17(27)7-5-15/h2-9,12-14,23,28,30H,10-11H2,1H3/t23-/m0/s1. The quantitative estimate of drug-likeness (QED) is 0.210. The van der Waals surface area contributed by atoms with Crippen molar-refractivity contribution < 1.29 is 19.4 Å². The van der Waals surface area contributed by atoms with Crippen molar-refractivity contribution in [1.29, 1.82) is 0 Å². The second-order valence-corrected chi connectivity index (χ2v) is 9.41. The lowest BCUT2D eigenvalue weighted by Gasteiger charge is -2.24. The van der Waals surface area contributed by atoms with Crippen LogP contribution in [0.5, 0.6) is 5.75 Å². The maximum Gasteiger partial charge on any atom is 0.295 e. The van der Waals surface area contributed by atoms with Crippen molar-refractivity contribution >= 4 is 51.3 Å². The molecule has 8 heteroatoms. The number of Topliss-reactive ketones (excluding diaryl/α,β-unsaturated/α-hetero) is 1. The van der Waals surface area contributed by atoms with Gasteiger partial charge in [0.2, 0.25) is 0 Å². The van der Waals surface area contributed by atoms with E-state index >= 15 is 0 Å². The molecule has 1 atom stereocenters. The molecule has 1 fully saturated rings. The predicted molar refractivity (Wildman–Crippen MR) is 133 cm³/mol. The summed E-state index contributed by atoms with van der Waals surface area (Å²) in [6.07, 6.45) is 2.44. The van der Waals surface area contributed by atoms with Crippen molar-refractivity contribution in [2.45, 2.75) is 12.5 Å². The Balaban J connectivity index is 1.52. The molecule has 0 saturated carbocycles. The highest BCUT2D eigenvalue weighted by atomic mass is 35.5. The van der Waals surface area contributed by atoms with Gasteiger partial charge in [0.25, 0.3) is 11.7 Å². The van der Waals surface area contributed by atoms with E-state index in [1.165, 1.54) is 11.3 Å². The fourth-order valence-electron chi connectivity index (χ4n) is 4.35. The molecule has 1 saturated heterocycles. The molecule has 4 aromatic rings. The van der Waals surface area contributed by atoms with Crippen LogP contribution < -0.4 is 4.74 Å². The molecule has 34 heavy (non-hydrogen) atoms. The highest BCUT2D eigenvalue weighted by Crippen LogP contribution is 2.41. The highest BCUT2D eigenvalue weighted by Gasteiger charge is 2.46. The molecule has 0 bridgehead atoms. The minimum Gasteiger partial charge on any atom is -0.507 e. The molecule has 6 nitrogen and oxygen atoms in total. The molecular formula is C26H21ClN2O4S. The van der Waals surface area contributed by atoms with Crippen LogP contribution >= 0.6 is 22.9 Å². The van der Waals surface area contributed by atoms with Crippen molar-refractivity contribution in [2.24, 2.45) is 0 Å². The number of halogens is 1. The smallest absolute Gasteiger partial charge is 0.295 e. The summed E-state index contributed by atoms with van der Waals surface area (Å²) in [5.74, 6) is -0.763. The van der Waals surface area contributed by atoms with Gasteiger partial charge in [-0.2, -0.15) is 0 Å². The second-order valence-electron chi connectivity index (χ2n) is 7.99. The molecule has 0 unspecified atom stereocenters. The Labute approximate surface area is 205 Å². The normalized spacial score (nSPS) is 17.6. The molecule has 2 aromatic heterocycles. The molecule has 5 rings (SSSR count). The largest absolute Gasteiger partial charge is 0.507 e. The number of amides is 1. The first-order valence-electron chi connectivity index (χ1n) is 10.7. The number of ketones is 1. The zero-order valence-corrected chi connectivity index (χ0v) is 19.8. The number of aromatic nitrogens is 1. The molecular weight excluding hydrogens is 472 g/mol. The minimum atomic E-state index is -0.688. The van der Waals surface area contributed by atoms with Gasteiger partial charge in [0.1, 0.15) is 11.5 Å². The summed E-state index contributed by atoms with van der Waals surface area (Å²) in [5, 5.41) is 14.5. The number of thiophene rings is 1. The van der Waals surface area contributed by atoms with Crippen LogP contribution in [-0.2, 0) is 16.0 Å². The lowest BCUT2D eigenvalue weighted by Crippen LogP contribution is -2.31. The lowest BCUT2D eigenvalue weighted by molar-refractivity contribution is -0.139. The number of hydrogen-bond donors (Lipinski definition) is 2. The molecule has 2 N–H and O–H groups in total. The Kier molecular flexibility index (Phi) is 5.89. The fourth-order valence-corrected chi connectivity index (χ4v) is 5.32. The van der Waals surface area contributed by atoms with Gasteiger partial charge in [0.15, 0.2) is 0 Å². The van der Waals surface area contributed by atoms with Crippen LogP contribution in [0.1, 0.15) is 22.0 Å². The van der Waals surface area contributed by atoms with Gasteiger partial charge in [-0.15, -0.1) is 11.3 Å². The van der Waals surface area contributed by atoms with Crippen molar-refractivity contribution in [3.63, 3.8) is 0 Å². The number of ether oxygens (including phenoxy) is 1. The number of aliphatic hydroxyl groups is 1. The van der Waals surface area contributed by atoms with Crippen molar-refractivity contribution in [2.75, 3.05) is 13.7 Å². The Morgan fingerprint density at radius 1 is 1.18 bits per heavy atom. The van der Waals surface area contributed by atoms with Crippen LogP contribution in [0, 0.1) is 0 Å². The number of nitrogens with one attached hydrogen (secondary N) is 1. The van der Waals surface area contributed by atoms with E-state index in [1.807, 2.05) is 41.9 Å². The minimum absolute atomic E-state index is 0.0929. The van der Waals surface area contributed by atoms with E-state index in [0.29, 0.717) is 23.6 Å². The average Bonchev–Trinajstić information content (AvgIpc) is 3.57. The lowest BCUT2D eigenvalue weighted by atomic mass is 10.00. The number of fused-ring (bicyclic) bond motifs is 1. The van der Waals surface area contributed by atoms with Crippen molar-refractivity contribution in [1.82, 2.24) is 9.88 Å². The van der Waals surface area contributed by atoms with Gasteiger partial charge in [-0.1, -0.05) is 17.7 Å². The summed E-state index contributed by atoms with van der Waals surface area (Å²) >= 11 is 7.42. The van der Waals surface area contributed by atoms with Gasteiger partial charge in [-0.05, 0) is 65.9 Å². The molecule has 172 valence electrons. The molecule has 1 aliphatic rings. The first kappa shape index (κ1) is 22.3. The molecule has 1 aliphatic heterocycles. The monoisotopic (exact) mass is 492 g/mol. The first-order chi connectivity index (χ1) is 16.5. The summed E-state index contributed by atoms with van der Waals surface area (Å²) in [6, 6.07) is 15.4. The number of rotatable bonds is 6. The van der Waals surface area contributed by atoms with E-state index in [-0.39, 0.29) is 11.3 Å². The molecule has 3 heterocycles. The third-order valence-corrected chi connectivity index (χ3v) is 7.24. The van der Waals surface area contributed by atoms with Crippen molar-refractivity contribution in [3.8, 4) is 5.75 Å². The van der Waals surface area contributed by atoms with Gasteiger partial charge in [-0.3, -0.25) is 9.59 Å². The Morgan fingerprint density at radius 2 is 1.97 bits per heavy atom. The predicted octanol–water partition coefficient (Wildman–Crippen LogP) is 5.56. The van der Waals surface area contributed by atoms with Gasteiger partial charge < -0.3 is 19.7 Å². The van der Waals surface area contributed by atoms with Gasteiger partial charge in [0.05, 0.1) is 18.7 Å². The highest BCUT2D eigenvalue weighted by molar-refractivity contribution is 7.10. The van der Waals surface area contributed by atoms with Crippen molar-refractivity contribution in [3.05, 3.63) is 92.8 Å². The number of hydrogen-bond acceptors (Lipinski definition) is 5.